The van der Waals surface area contributed by atoms with Crippen LogP contribution in [0.4, 0.5) is 17.6 Å². The van der Waals surface area contributed by atoms with Crippen molar-refractivity contribution in [2.24, 2.45) is 0 Å². The largest absolute Gasteiger partial charge is 0.419 e. The lowest BCUT2D eigenvalue weighted by molar-refractivity contribution is -0.140. The molecule has 0 saturated carbocycles. The first-order chi connectivity index (χ1) is 9.86. The van der Waals surface area contributed by atoms with Crippen molar-refractivity contribution in [1.29, 1.82) is 0 Å². The van der Waals surface area contributed by atoms with Gasteiger partial charge in [0.15, 0.2) is 0 Å². The second-order valence-corrected chi connectivity index (χ2v) is 5.22. The van der Waals surface area contributed by atoms with Crippen LogP contribution in [0.1, 0.15) is 48.5 Å². The van der Waals surface area contributed by atoms with Crippen LogP contribution in [-0.4, -0.2) is 23.4 Å². The molecule has 21 heavy (non-hydrogen) atoms. The minimum atomic E-state index is -4.80. The molecule has 6 heteroatoms. The van der Waals surface area contributed by atoms with Gasteiger partial charge in [-0.2, -0.15) is 13.2 Å². The quantitative estimate of drug-likeness (QED) is 0.748. The average Bonchev–Trinajstić information content (AvgIpc) is 2.45. The van der Waals surface area contributed by atoms with Crippen molar-refractivity contribution in [3.05, 3.63) is 35.1 Å². The Bertz CT molecular complexity index is 527. The molecule has 0 radical (unpaired) electrons. The zero-order valence-corrected chi connectivity index (χ0v) is 11.7. The molecule has 1 saturated heterocycles. The Labute approximate surface area is 120 Å². The minimum Gasteiger partial charge on any atom is -0.336 e. The number of carbonyl (C=O) groups is 1. The van der Waals surface area contributed by atoms with Gasteiger partial charge >= 0.3 is 6.18 Å². The van der Waals surface area contributed by atoms with Crippen LogP contribution in [0.15, 0.2) is 18.2 Å². The van der Waals surface area contributed by atoms with Gasteiger partial charge in [-0.3, -0.25) is 4.79 Å². The molecular weight excluding hydrogens is 286 g/mol. The predicted molar refractivity (Wildman–Crippen MR) is 70.4 cm³/mol. The Kier molecular flexibility index (Phi) is 4.54. The monoisotopic (exact) mass is 303 g/mol. The van der Waals surface area contributed by atoms with Crippen molar-refractivity contribution < 1.29 is 22.4 Å². The van der Waals surface area contributed by atoms with E-state index in [2.05, 4.69) is 0 Å². The van der Waals surface area contributed by atoms with Crippen LogP contribution >= 0.6 is 0 Å². The number of nitrogens with zero attached hydrogens (tertiary/aromatic N) is 1. The smallest absolute Gasteiger partial charge is 0.336 e. The van der Waals surface area contributed by atoms with E-state index in [1.807, 2.05) is 6.92 Å². The summed E-state index contributed by atoms with van der Waals surface area (Å²) in [4.78, 5) is 13.9. The summed E-state index contributed by atoms with van der Waals surface area (Å²) in [7, 11) is 0. The molecule has 0 bridgehead atoms. The third kappa shape index (κ3) is 3.19. The van der Waals surface area contributed by atoms with Crippen LogP contribution in [-0.2, 0) is 6.18 Å². The van der Waals surface area contributed by atoms with Crippen molar-refractivity contribution >= 4 is 5.91 Å². The Morgan fingerprint density at radius 2 is 2.05 bits per heavy atom. The van der Waals surface area contributed by atoms with E-state index in [1.165, 1.54) is 4.90 Å². The van der Waals surface area contributed by atoms with Gasteiger partial charge in [0.2, 0.25) is 0 Å². The SMILES string of the molecule is CCC1CCCCN1C(=O)c1cccc(C(F)(F)F)c1F. The van der Waals surface area contributed by atoms with Crippen LogP contribution in [0.5, 0.6) is 0 Å². The van der Waals surface area contributed by atoms with E-state index in [9.17, 15) is 22.4 Å². The number of rotatable bonds is 2. The fourth-order valence-electron chi connectivity index (χ4n) is 2.76. The topological polar surface area (TPSA) is 20.3 Å². The number of likely N-dealkylation sites (tertiary alicyclic amines) is 1. The summed E-state index contributed by atoms with van der Waals surface area (Å²) >= 11 is 0. The number of hydrogen-bond acceptors (Lipinski definition) is 1. The molecule has 0 aliphatic carbocycles. The molecule has 1 fully saturated rings. The van der Waals surface area contributed by atoms with Crippen LogP contribution in [0, 0.1) is 5.82 Å². The number of alkyl halides is 3. The van der Waals surface area contributed by atoms with Gasteiger partial charge < -0.3 is 4.90 Å². The molecule has 1 unspecified atom stereocenters. The summed E-state index contributed by atoms with van der Waals surface area (Å²) in [5, 5.41) is 0. The number of benzene rings is 1. The van der Waals surface area contributed by atoms with Gasteiger partial charge in [-0.15, -0.1) is 0 Å². The van der Waals surface area contributed by atoms with Gasteiger partial charge in [0.1, 0.15) is 5.82 Å². The molecule has 1 atom stereocenters. The minimum absolute atomic E-state index is 0.0276. The van der Waals surface area contributed by atoms with Crippen LogP contribution in [0.25, 0.3) is 0 Å². The maximum absolute atomic E-state index is 14.0. The number of piperidine rings is 1. The highest BCUT2D eigenvalue weighted by atomic mass is 19.4. The summed E-state index contributed by atoms with van der Waals surface area (Å²) in [6, 6.07) is 2.82. The maximum Gasteiger partial charge on any atom is 0.419 e. The molecule has 2 rings (SSSR count). The third-order valence-corrected chi connectivity index (χ3v) is 3.89. The molecule has 0 N–H and O–H groups in total. The van der Waals surface area contributed by atoms with Gasteiger partial charge in [0.05, 0.1) is 11.1 Å². The summed E-state index contributed by atoms with van der Waals surface area (Å²) in [6.45, 7) is 2.38. The lowest BCUT2D eigenvalue weighted by Crippen LogP contribution is -2.43. The van der Waals surface area contributed by atoms with Crippen molar-refractivity contribution in [1.82, 2.24) is 4.90 Å². The zero-order valence-electron chi connectivity index (χ0n) is 11.7. The average molecular weight is 303 g/mol. The molecule has 116 valence electrons. The summed E-state index contributed by atoms with van der Waals surface area (Å²) in [5.41, 5.74) is -1.89. The molecular formula is C15H17F4NO. The van der Waals surface area contributed by atoms with Gasteiger partial charge in [0, 0.05) is 12.6 Å². The van der Waals surface area contributed by atoms with Gasteiger partial charge in [-0.05, 0) is 37.8 Å². The molecule has 0 spiro atoms. The van der Waals surface area contributed by atoms with Crippen molar-refractivity contribution in [2.75, 3.05) is 6.54 Å². The maximum atomic E-state index is 14.0. The molecule has 1 amide bonds. The van der Waals surface area contributed by atoms with Crippen LogP contribution in [0.3, 0.4) is 0 Å². The second kappa shape index (κ2) is 6.03. The Morgan fingerprint density at radius 1 is 1.33 bits per heavy atom. The van der Waals surface area contributed by atoms with Gasteiger partial charge in [-0.1, -0.05) is 13.0 Å². The Hall–Kier alpha value is -1.59. The Balaban J connectivity index is 2.35. The number of amides is 1. The van der Waals surface area contributed by atoms with Gasteiger partial charge in [0.25, 0.3) is 5.91 Å². The van der Waals surface area contributed by atoms with Crippen LogP contribution in [0.2, 0.25) is 0 Å². The third-order valence-electron chi connectivity index (χ3n) is 3.89. The first-order valence-corrected chi connectivity index (χ1v) is 7.03. The first-order valence-electron chi connectivity index (χ1n) is 7.03. The van der Waals surface area contributed by atoms with E-state index >= 15 is 0 Å². The van der Waals surface area contributed by atoms with Crippen molar-refractivity contribution in [3.8, 4) is 0 Å². The molecule has 1 aliphatic rings. The molecule has 1 aliphatic heterocycles. The van der Waals surface area contributed by atoms with E-state index in [4.69, 9.17) is 0 Å². The standard InChI is InChI=1S/C15H17F4NO/c1-2-10-6-3-4-9-20(10)14(21)11-7-5-8-12(13(11)16)15(17,18)19/h5,7-8,10H,2-4,6,9H2,1H3. The molecule has 1 heterocycles. The predicted octanol–water partition coefficient (Wildman–Crippen LogP) is 4.25. The highest BCUT2D eigenvalue weighted by molar-refractivity contribution is 5.95. The van der Waals surface area contributed by atoms with Gasteiger partial charge in [-0.25, -0.2) is 4.39 Å². The summed E-state index contributed by atoms with van der Waals surface area (Å²) < 4.78 is 52.2. The van der Waals surface area contributed by atoms with E-state index in [-0.39, 0.29) is 6.04 Å². The fraction of sp³-hybridized carbons (Fsp3) is 0.533. The number of halogens is 4. The van der Waals surface area contributed by atoms with E-state index in [0.29, 0.717) is 19.0 Å². The molecule has 1 aromatic carbocycles. The zero-order chi connectivity index (χ0) is 15.6. The summed E-state index contributed by atoms with van der Waals surface area (Å²) in [5.74, 6) is -2.12. The number of hydrogen-bond donors (Lipinski definition) is 0. The van der Waals surface area contributed by atoms with Crippen molar-refractivity contribution in [2.45, 2.75) is 44.8 Å². The first kappa shape index (κ1) is 15.8. The number of carbonyl (C=O) groups excluding carboxylic acids is 1. The second-order valence-electron chi connectivity index (χ2n) is 5.22. The van der Waals surface area contributed by atoms with Crippen molar-refractivity contribution in [3.63, 3.8) is 0 Å². The molecule has 0 aromatic heterocycles. The Morgan fingerprint density at radius 3 is 2.67 bits per heavy atom. The van der Waals surface area contributed by atoms with E-state index in [1.54, 1.807) is 0 Å². The molecule has 1 aromatic rings. The lowest BCUT2D eigenvalue weighted by Gasteiger charge is -2.35. The lowest BCUT2D eigenvalue weighted by atomic mass is 9.98. The highest BCUT2D eigenvalue weighted by Gasteiger charge is 2.37. The van der Waals surface area contributed by atoms with Crippen LogP contribution < -0.4 is 0 Å². The summed E-state index contributed by atoms with van der Waals surface area (Å²) in [6.07, 6.45) is -1.50. The highest BCUT2D eigenvalue weighted by Crippen LogP contribution is 2.33. The normalized spacial score (nSPS) is 19.7. The van der Waals surface area contributed by atoms with E-state index in [0.717, 1.165) is 31.4 Å². The van der Waals surface area contributed by atoms with E-state index < -0.39 is 29.0 Å². The fourth-order valence-corrected chi connectivity index (χ4v) is 2.76. The molecule has 2 nitrogen and oxygen atoms in total.